The zero-order valence-corrected chi connectivity index (χ0v) is 12.0. The molecule has 0 aliphatic heterocycles. The molecule has 0 unspecified atom stereocenters. The summed E-state index contributed by atoms with van der Waals surface area (Å²) >= 11 is 3.26. The zero-order valence-electron chi connectivity index (χ0n) is 10.4. The first kappa shape index (κ1) is 13.5. The van der Waals surface area contributed by atoms with Crippen molar-refractivity contribution in [2.45, 2.75) is 6.54 Å². The van der Waals surface area contributed by atoms with Gasteiger partial charge in [-0.05, 0) is 52.3 Å². The van der Waals surface area contributed by atoms with E-state index in [1.165, 1.54) is 0 Å². The number of hydrogen-bond acceptors (Lipinski definition) is 3. The summed E-state index contributed by atoms with van der Waals surface area (Å²) in [5.74, 6) is 0.847. The molecule has 0 saturated carbocycles. The summed E-state index contributed by atoms with van der Waals surface area (Å²) in [5.41, 5.74) is 1.70. The highest BCUT2D eigenvalue weighted by Gasteiger charge is 2.01. The summed E-state index contributed by atoms with van der Waals surface area (Å²) in [5, 5.41) is 8.41. The molecule has 19 heavy (non-hydrogen) atoms. The van der Waals surface area contributed by atoms with Crippen LogP contribution >= 0.6 is 15.9 Å². The highest BCUT2D eigenvalue weighted by atomic mass is 79.9. The number of furan rings is 1. The molecule has 2 amide bonds. The second-order valence-electron chi connectivity index (χ2n) is 3.84. The van der Waals surface area contributed by atoms with Crippen molar-refractivity contribution < 1.29 is 9.21 Å². The lowest BCUT2D eigenvalue weighted by Gasteiger charge is -2.07. The normalized spacial score (nSPS) is 10.0. The molecule has 100 valence electrons. The van der Waals surface area contributed by atoms with Gasteiger partial charge in [0, 0.05) is 18.4 Å². The summed E-state index contributed by atoms with van der Waals surface area (Å²) in [6, 6.07) is 11.0. The molecule has 0 atom stereocenters. The number of anilines is 2. The van der Waals surface area contributed by atoms with E-state index in [0.717, 1.165) is 21.8 Å². The van der Waals surface area contributed by atoms with Gasteiger partial charge in [-0.2, -0.15) is 0 Å². The minimum absolute atomic E-state index is 0.235. The Hall–Kier alpha value is -1.95. The number of carbonyl (C=O) groups excluding carboxylic acids is 1. The molecule has 0 fully saturated rings. The topological polar surface area (TPSA) is 66.3 Å². The van der Waals surface area contributed by atoms with Gasteiger partial charge in [-0.15, -0.1) is 0 Å². The standard InChI is InChI=1S/C13H14BrN3O2/c1-15-13(18)17-10-4-2-9(3-5-10)16-8-11-6-7-12(14)19-11/h2-7,16H,8H2,1H3,(H2,15,17,18). The number of rotatable bonds is 4. The first-order chi connectivity index (χ1) is 9.17. The van der Waals surface area contributed by atoms with Gasteiger partial charge in [0.05, 0.1) is 6.54 Å². The Morgan fingerprint density at radius 2 is 1.84 bits per heavy atom. The van der Waals surface area contributed by atoms with Crippen molar-refractivity contribution in [3.8, 4) is 0 Å². The van der Waals surface area contributed by atoms with E-state index in [4.69, 9.17) is 4.42 Å². The maximum atomic E-state index is 11.1. The first-order valence-corrected chi connectivity index (χ1v) is 6.53. The molecule has 2 rings (SSSR count). The van der Waals surface area contributed by atoms with Crippen LogP contribution in [0.1, 0.15) is 5.76 Å². The van der Waals surface area contributed by atoms with Crippen LogP contribution in [-0.2, 0) is 6.54 Å². The molecule has 0 aliphatic carbocycles. The van der Waals surface area contributed by atoms with Gasteiger partial charge in [0.25, 0.3) is 0 Å². The lowest BCUT2D eigenvalue weighted by Crippen LogP contribution is -2.24. The van der Waals surface area contributed by atoms with E-state index < -0.39 is 0 Å². The molecule has 1 aromatic carbocycles. The van der Waals surface area contributed by atoms with Crippen LogP contribution in [0.2, 0.25) is 0 Å². The molecule has 1 aromatic heterocycles. The maximum Gasteiger partial charge on any atom is 0.318 e. The van der Waals surface area contributed by atoms with Crippen LogP contribution in [0.5, 0.6) is 0 Å². The van der Waals surface area contributed by atoms with Crippen molar-refractivity contribution in [1.82, 2.24) is 5.32 Å². The minimum Gasteiger partial charge on any atom is -0.452 e. The Labute approximate surface area is 119 Å². The number of urea groups is 1. The van der Waals surface area contributed by atoms with Gasteiger partial charge >= 0.3 is 6.03 Å². The lowest BCUT2D eigenvalue weighted by molar-refractivity contribution is 0.254. The largest absolute Gasteiger partial charge is 0.452 e. The van der Waals surface area contributed by atoms with Gasteiger partial charge < -0.3 is 20.4 Å². The van der Waals surface area contributed by atoms with E-state index >= 15 is 0 Å². The maximum absolute atomic E-state index is 11.1. The molecule has 0 aliphatic rings. The van der Waals surface area contributed by atoms with Gasteiger partial charge in [0.15, 0.2) is 4.67 Å². The second kappa shape index (κ2) is 6.29. The van der Waals surface area contributed by atoms with Crippen LogP contribution in [0.15, 0.2) is 45.5 Å². The van der Waals surface area contributed by atoms with Crippen molar-refractivity contribution in [3.05, 3.63) is 46.8 Å². The Morgan fingerprint density at radius 1 is 1.16 bits per heavy atom. The third-order valence-electron chi connectivity index (χ3n) is 2.47. The summed E-state index contributed by atoms with van der Waals surface area (Å²) in [6.07, 6.45) is 0. The molecule has 1 heterocycles. The average Bonchev–Trinajstić information content (AvgIpc) is 2.83. The van der Waals surface area contributed by atoms with E-state index in [9.17, 15) is 4.79 Å². The van der Waals surface area contributed by atoms with E-state index in [1.807, 2.05) is 36.4 Å². The Kier molecular flexibility index (Phi) is 4.46. The van der Waals surface area contributed by atoms with Crippen LogP contribution in [0.3, 0.4) is 0 Å². The van der Waals surface area contributed by atoms with Gasteiger partial charge in [0.1, 0.15) is 5.76 Å². The monoisotopic (exact) mass is 323 g/mol. The van der Waals surface area contributed by atoms with Crippen LogP contribution in [0.25, 0.3) is 0 Å². The van der Waals surface area contributed by atoms with Crippen molar-refractivity contribution in [2.75, 3.05) is 17.7 Å². The lowest BCUT2D eigenvalue weighted by atomic mass is 10.2. The first-order valence-electron chi connectivity index (χ1n) is 5.74. The van der Waals surface area contributed by atoms with Crippen LogP contribution < -0.4 is 16.0 Å². The third kappa shape index (κ3) is 4.03. The quantitative estimate of drug-likeness (QED) is 0.807. The number of carbonyl (C=O) groups is 1. The Morgan fingerprint density at radius 3 is 2.42 bits per heavy atom. The van der Waals surface area contributed by atoms with E-state index in [2.05, 4.69) is 31.9 Å². The molecule has 0 spiro atoms. The Balaban J connectivity index is 1.89. The SMILES string of the molecule is CNC(=O)Nc1ccc(NCc2ccc(Br)o2)cc1. The average molecular weight is 324 g/mol. The molecule has 2 aromatic rings. The van der Waals surface area contributed by atoms with Crippen molar-refractivity contribution >= 4 is 33.3 Å². The number of benzene rings is 1. The minimum atomic E-state index is -0.235. The van der Waals surface area contributed by atoms with Gasteiger partial charge in [-0.1, -0.05) is 0 Å². The summed E-state index contributed by atoms with van der Waals surface area (Å²) in [7, 11) is 1.58. The predicted molar refractivity (Wildman–Crippen MR) is 78.3 cm³/mol. The molecule has 0 radical (unpaired) electrons. The van der Waals surface area contributed by atoms with Gasteiger partial charge in [-0.3, -0.25) is 0 Å². The highest BCUT2D eigenvalue weighted by Crippen LogP contribution is 2.17. The zero-order chi connectivity index (χ0) is 13.7. The van der Waals surface area contributed by atoms with Crippen molar-refractivity contribution in [3.63, 3.8) is 0 Å². The fourth-order valence-electron chi connectivity index (χ4n) is 1.50. The van der Waals surface area contributed by atoms with Crippen LogP contribution in [0.4, 0.5) is 16.2 Å². The fourth-order valence-corrected chi connectivity index (χ4v) is 1.84. The van der Waals surface area contributed by atoms with Gasteiger partial charge in [-0.25, -0.2) is 4.79 Å². The molecule has 0 saturated heterocycles. The number of hydrogen-bond donors (Lipinski definition) is 3. The molecule has 6 heteroatoms. The Bertz CT molecular complexity index is 551. The van der Waals surface area contributed by atoms with E-state index in [-0.39, 0.29) is 6.03 Å². The number of amides is 2. The van der Waals surface area contributed by atoms with Crippen LogP contribution in [0, 0.1) is 0 Å². The van der Waals surface area contributed by atoms with E-state index in [1.54, 1.807) is 7.05 Å². The number of nitrogens with one attached hydrogen (secondary N) is 3. The summed E-state index contributed by atoms with van der Waals surface area (Å²) in [4.78, 5) is 11.1. The van der Waals surface area contributed by atoms with Crippen molar-refractivity contribution in [1.29, 1.82) is 0 Å². The molecular weight excluding hydrogens is 310 g/mol. The summed E-state index contributed by atoms with van der Waals surface area (Å²) in [6.45, 7) is 0.605. The summed E-state index contributed by atoms with van der Waals surface area (Å²) < 4.78 is 6.10. The predicted octanol–water partition coefficient (Wildman–Crippen LogP) is 3.41. The van der Waals surface area contributed by atoms with E-state index in [0.29, 0.717) is 6.54 Å². The third-order valence-corrected chi connectivity index (χ3v) is 2.89. The fraction of sp³-hybridized carbons (Fsp3) is 0.154. The highest BCUT2D eigenvalue weighted by molar-refractivity contribution is 9.10. The molecule has 0 bridgehead atoms. The molecule has 3 N–H and O–H groups in total. The van der Waals surface area contributed by atoms with Crippen LogP contribution in [-0.4, -0.2) is 13.1 Å². The van der Waals surface area contributed by atoms with Crippen molar-refractivity contribution in [2.24, 2.45) is 0 Å². The number of halogens is 1. The molecular formula is C13H14BrN3O2. The smallest absolute Gasteiger partial charge is 0.318 e. The second-order valence-corrected chi connectivity index (χ2v) is 4.62. The van der Waals surface area contributed by atoms with Gasteiger partial charge in [0.2, 0.25) is 0 Å². The molecule has 5 nitrogen and oxygen atoms in total.